The minimum Gasteiger partial charge on any atom is -0.484 e. The molecule has 3 aromatic rings. The Hall–Kier alpha value is -4.54. The normalized spacial score (nSPS) is 17.3. The maximum atomic E-state index is 13.4. The minimum atomic E-state index is -4.46. The van der Waals surface area contributed by atoms with Crippen molar-refractivity contribution < 1.29 is 36.3 Å². The number of pyridine rings is 1. The van der Waals surface area contributed by atoms with Gasteiger partial charge in [-0.2, -0.15) is 23.5 Å². The third-order valence-corrected chi connectivity index (χ3v) is 7.31. The van der Waals surface area contributed by atoms with Crippen LogP contribution in [0.5, 0.6) is 5.75 Å². The van der Waals surface area contributed by atoms with Gasteiger partial charge in [-0.05, 0) is 55.5 Å². The quantitative estimate of drug-likeness (QED) is 0.344. The average Bonchev–Trinajstić information content (AvgIpc) is 3.66. The number of alkyl halides is 5. The molecule has 2 aromatic heterocycles. The molecule has 1 fully saturated rings. The Morgan fingerprint density at radius 2 is 2.05 bits per heavy atom. The standard InChI is InChI=1S/C28H25F5N6O3/c29-26(30)27(8-9-27)14-36-25(41)23-22-20(38-39(23)21-7-5-17(12-34)13-35-21)11-18(37-24(22)40)6-4-16-2-1-3-19(10-16)42-15-28(31,32)33/h1-3,5,7,10,13,18,26H,4,6,8-9,11,14-15H2,(H,36,41)(H,37,40). The van der Waals surface area contributed by atoms with Crippen molar-refractivity contribution in [3.8, 4) is 17.6 Å². The van der Waals surface area contributed by atoms with E-state index in [4.69, 9.17) is 10.00 Å². The summed E-state index contributed by atoms with van der Waals surface area (Å²) in [7, 11) is 0. The molecule has 2 amide bonds. The zero-order valence-electron chi connectivity index (χ0n) is 22.0. The van der Waals surface area contributed by atoms with Gasteiger partial charge < -0.3 is 15.4 Å². The number of amides is 2. The summed E-state index contributed by atoms with van der Waals surface area (Å²) in [5.41, 5.74) is -0.167. The summed E-state index contributed by atoms with van der Waals surface area (Å²) in [4.78, 5) is 30.8. The molecular formula is C28H25F5N6O3. The largest absolute Gasteiger partial charge is 0.484 e. The number of nitriles is 1. The van der Waals surface area contributed by atoms with Crippen molar-refractivity contribution in [3.63, 3.8) is 0 Å². The molecule has 5 rings (SSSR count). The second-order valence-corrected chi connectivity index (χ2v) is 10.4. The number of rotatable bonds is 10. The van der Waals surface area contributed by atoms with E-state index in [1.54, 1.807) is 12.1 Å². The average molecular weight is 589 g/mol. The maximum Gasteiger partial charge on any atom is 0.422 e. The van der Waals surface area contributed by atoms with Gasteiger partial charge in [0.1, 0.15) is 17.5 Å². The topological polar surface area (TPSA) is 122 Å². The number of aryl methyl sites for hydroxylation is 1. The summed E-state index contributed by atoms with van der Waals surface area (Å²) < 4.78 is 70.4. The fourth-order valence-corrected chi connectivity index (χ4v) is 4.78. The predicted octanol–water partition coefficient (Wildman–Crippen LogP) is 4.14. The van der Waals surface area contributed by atoms with Crippen LogP contribution in [-0.4, -0.2) is 58.4 Å². The smallest absolute Gasteiger partial charge is 0.422 e. The number of ether oxygens (including phenoxy) is 1. The summed E-state index contributed by atoms with van der Waals surface area (Å²) in [5.74, 6) is -1.11. The van der Waals surface area contributed by atoms with Crippen LogP contribution in [0.25, 0.3) is 5.82 Å². The van der Waals surface area contributed by atoms with Crippen LogP contribution in [0.3, 0.4) is 0 Å². The molecule has 0 radical (unpaired) electrons. The van der Waals surface area contributed by atoms with E-state index in [9.17, 15) is 31.5 Å². The first-order chi connectivity index (χ1) is 20.0. The van der Waals surface area contributed by atoms with E-state index in [-0.39, 0.29) is 54.2 Å². The molecule has 0 bridgehead atoms. The first-order valence-electron chi connectivity index (χ1n) is 13.1. The summed E-state index contributed by atoms with van der Waals surface area (Å²) in [5, 5.41) is 19.0. The molecule has 1 aromatic carbocycles. The molecule has 1 aliphatic heterocycles. The Morgan fingerprint density at radius 1 is 1.26 bits per heavy atom. The van der Waals surface area contributed by atoms with E-state index in [1.807, 2.05) is 6.07 Å². The Balaban J connectivity index is 1.36. The van der Waals surface area contributed by atoms with Gasteiger partial charge >= 0.3 is 6.18 Å². The number of halogens is 5. The Bertz CT molecular complexity index is 1530. The number of benzene rings is 1. The van der Waals surface area contributed by atoms with Crippen LogP contribution in [0.1, 0.15) is 56.9 Å². The second-order valence-electron chi connectivity index (χ2n) is 10.4. The third kappa shape index (κ3) is 6.35. The van der Waals surface area contributed by atoms with Crippen molar-refractivity contribution in [3.05, 3.63) is 70.7 Å². The van der Waals surface area contributed by atoms with Gasteiger partial charge in [-0.15, -0.1) is 0 Å². The fourth-order valence-electron chi connectivity index (χ4n) is 4.78. The van der Waals surface area contributed by atoms with E-state index < -0.39 is 42.5 Å². The van der Waals surface area contributed by atoms with Crippen LogP contribution < -0.4 is 15.4 Å². The highest BCUT2D eigenvalue weighted by atomic mass is 19.4. The van der Waals surface area contributed by atoms with Gasteiger partial charge in [0.2, 0.25) is 6.43 Å². The maximum absolute atomic E-state index is 13.4. The lowest BCUT2D eigenvalue weighted by atomic mass is 9.95. The molecule has 2 aliphatic rings. The molecule has 1 atom stereocenters. The summed E-state index contributed by atoms with van der Waals surface area (Å²) in [6.45, 7) is -1.67. The minimum absolute atomic E-state index is 0.000600. The Morgan fingerprint density at radius 3 is 2.69 bits per heavy atom. The van der Waals surface area contributed by atoms with Gasteiger partial charge in [-0.25, -0.2) is 18.4 Å². The third-order valence-electron chi connectivity index (χ3n) is 7.31. The number of aromatic nitrogens is 3. The number of nitrogens with one attached hydrogen (secondary N) is 2. The first-order valence-corrected chi connectivity index (χ1v) is 13.1. The number of nitrogens with zero attached hydrogens (tertiary/aromatic N) is 4. The van der Waals surface area contributed by atoms with Crippen molar-refractivity contribution in [2.45, 2.75) is 50.7 Å². The van der Waals surface area contributed by atoms with Crippen LogP contribution in [-0.2, 0) is 12.8 Å². The molecule has 14 heteroatoms. The highest BCUT2D eigenvalue weighted by Crippen LogP contribution is 2.50. The predicted molar refractivity (Wildman–Crippen MR) is 137 cm³/mol. The number of hydrogen-bond donors (Lipinski definition) is 2. The number of carbonyl (C=O) groups excluding carboxylic acids is 2. The molecule has 3 heterocycles. The number of fused-ring (bicyclic) bond motifs is 1. The lowest BCUT2D eigenvalue weighted by Crippen LogP contribution is -2.43. The number of hydrogen-bond acceptors (Lipinski definition) is 6. The van der Waals surface area contributed by atoms with Crippen LogP contribution in [0, 0.1) is 16.7 Å². The van der Waals surface area contributed by atoms with Gasteiger partial charge in [0, 0.05) is 30.6 Å². The van der Waals surface area contributed by atoms with Crippen LogP contribution in [0.15, 0.2) is 42.6 Å². The summed E-state index contributed by atoms with van der Waals surface area (Å²) >= 11 is 0. The highest BCUT2D eigenvalue weighted by Gasteiger charge is 2.51. The number of carbonyl (C=O) groups is 2. The first kappa shape index (κ1) is 29.0. The molecule has 2 N–H and O–H groups in total. The van der Waals surface area contributed by atoms with Gasteiger partial charge in [0.05, 0.1) is 16.8 Å². The van der Waals surface area contributed by atoms with Gasteiger partial charge in [0.25, 0.3) is 11.8 Å². The zero-order chi connectivity index (χ0) is 30.1. The molecule has 0 spiro atoms. The van der Waals surface area contributed by atoms with E-state index in [0.29, 0.717) is 24.1 Å². The lowest BCUT2D eigenvalue weighted by Gasteiger charge is -2.23. The van der Waals surface area contributed by atoms with Crippen LogP contribution >= 0.6 is 0 Å². The monoisotopic (exact) mass is 588 g/mol. The zero-order valence-corrected chi connectivity index (χ0v) is 22.0. The van der Waals surface area contributed by atoms with Crippen molar-refractivity contribution in [2.24, 2.45) is 5.41 Å². The highest BCUT2D eigenvalue weighted by molar-refractivity contribution is 6.08. The molecule has 1 saturated carbocycles. The van der Waals surface area contributed by atoms with Gasteiger partial charge in [-0.1, -0.05) is 12.1 Å². The summed E-state index contributed by atoms with van der Waals surface area (Å²) in [6.07, 6.45) is -4.18. The molecule has 1 aliphatic carbocycles. The van der Waals surface area contributed by atoms with Crippen molar-refractivity contribution in [1.29, 1.82) is 5.26 Å². The molecule has 220 valence electrons. The Kier molecular flexibility index (Phi) is 7.85. The SMILES string of the molecule is N#Cc1ccc(-n2nc3c(c2C(=O)NCC2(C(F)F)CC2)C(=O)NC(CCc2cccc(OCC(F)(F)F)c2)C3)nc1. The molecule has 9 nitrogen and oxygen atoms in total. The van der Waals surface area contributed by atoms with Crippen molar-refractivity contribution in [2.75, 3.05) is 13.2 Å². The Labute approximate surface area is 236 Å². The van der Waals surface area contributed by atoms with Gasteiger partial charge in [0.15, 0.2) is 12.4 Å². The van der Waals surface area contributed by atoms with E-state index in [1.165, 1.54) is 35.1 Å². The van der Waals surface area contributed by atoms with Crippen molar-refractivity contribution in [1.82, 2.24) is 25.4 Å². The van der Waals surface area contributed by atoms with E-state index in [0.717, 1.165) is 0 Å². The molecule has 0 saturated heterocycles. The van der Waals surface area contributed by atoms with E-state index in [2.05, 4.69) is 20.7 Å². The van der Waals surface area contributed by atoms with Crippen LogP contribution in [0.2, 0.25) is 0 Å². The van der Waals surface area contributed by atoms with Crippen molar-refractivity contribution >= 4 is 11.8 Å². The van der Waals surface area contributed by atoms with Gasteiger partial charge in [-0.3, -0.25) is 9.59 Å². The van der Waals surface area contributed by atoms with Crippen LogP contribution in [0.4, 0.5) is 22.0 Å². The molecular weight excluding hydrogens is 563 g/mol. The fraction of sp³-hybridized carbons (Fsp3) is 0.393. The van der Waals surface area contributed by atoms with E-state index >= 15 is 0 Å². The molecule has 1 unspecified atom stereocenters. The second kappa shape index (κ2) is 11.4. The molecule has 42 heavy (non-hydrogen) atoms. The lowest BCUT2D eigenvalue weighted by molar-refractivity contribution is -0.153. The summed E-state index contributed by atoms with van der Waals surface area (Å²) in [6, 6.07) is 10.7.